The molecule has 0 radical (unpaired) electrons. The molecule has 0 aliphatic carbocycles. The zero-order valence-corrected chi connectivity index (χ0v) is 11.9. The topological polar surface area (TPSA) is 49.4 Å². The Morgan fingerprint density at radius 1 is 1.37 bits per heavy atom. The number of ketones is 1. The van der Waals surface area contributed by atoms with Crippen LogP contribution in [0.1, 0.15) is 36.7 Å². The van der Waals surface area contributed by atoms with Gasteiger partial charge in [0.05, 0.1) is 12.0 Å². The number of benzene rings is 1. The molecular weight excluding hydrogens is 240 g/mol. The minimum absolute atomic E-state index is 0.0578. The third-order valence-corrected chi connectivity index (χ3v) is 3.73. The maximum Gasteiger partial charge on any atom is 0.236 e. The Kier molecular flexibility index (Phi) is 3.45. The van der Waals surface area contributed by atoms with Gasteiger partial charge in [-0.3, -0.25) is 9.59 Å². The lowest BCUT2D eigenvalue weighted by Gasteiger charge is -2.16. The second-order valence-corrected chi connectivity index (χ2v) is 5.42. The van der Waals surface area contributed by atoms with E-state index < -0.39 is 5.41 Å². The molecule has 1 amide bonds. The number of nitrogens with one attached hydrogen (secondary N) is 1. The van der Waals surface area contributed by atoms with Crippen LogP contribution in [0.4, 0.5) is 5.69 Å². The number of likely N-dealkylation sites (N-methyl/N-ethyl adjacent to an activating group) is 2. The number of anilines is 1. The highest BCUT2D eigenvalue weighted by molar-refractivity contribution is 6.08. The maximum absolute atomic E-state index is 12.2. The van der Waals surface area contributed by atoms with Crippen LogP contribution >= 0.6 is 0 Å². The average Bonchev–Trinajstić information content (AvgIpc) is 2.57. The first-order chi connectivity index (χ1) is 8.89. The number of hydrogen-bond acceptors (Lipinski definition) is 3. The number of nitrogens with zero attached hydrogens (tertiary/aromatic N) is 1. The van der Waals surface area contributed by atoms with Crippen LogP contribution in [-0.4, -0.2) is 31.8 Å². The number of hydrogen-bond donors (Lipinski definition) is 1. The molecule has 0 saturated heterocycles. The van der Waals surface area contributed by atoms with Crippen molar-refractivity contribution in [3.8, 4) is 0 Å². The summed E-state index contributed by atoms with van der Waals surface area (Å²) < 4.78 is 0. The summed E-state index contributed by atoms with van der Waals surface area (Å²) in [6, 6.07) is 5.52. The second-order valence-electron chi connectivity index (χ2n) is 5.42. The molecule has 1 aliphatic heterocycles. The van der Waals surface area contributed by atoms with Gasteiger partial charge in [0, 0.05) is 18.3 Å². The molecule has 2 rings (SSSR count). The number of fused-ring (bicyclic) bond motifs is 1. The minimum atomic E-state index is -0.557. The number of amides is 1. The zero-order chi connectivity index (χ0) is 14.2. The second kappa shape index (κ2) is 4.78. The van der Waals surface area contributed by atoms with Gasteiger partial charge in [-0.05, 0) is 44.2 Å². The number of carbonyl (C=O) groups excluding carboxylic acids is 2. The molecule has 1 aromatic rings. The van der Waals surface area contributed by atoms with Gasteiger partial charge in [-0.2, -0.15) is 0 Å². The van der Waals surface area contributed by atoms with E-state index in [1.165, 1.54) is 0 Å². The molecule has 102 valence electrons. The molecule has 1 N–H and O–H groups in total. The smallest absolute Gasteiger partial charge is 0.236 e. The fraction of sp³-hybridized carbons (Fsp3) is 0.467. The summed E-state index contributed by atoms with van der Waals surface area (Å²) >= 11 is 0. The normalized spacial score (nSPS) is 16.6. The quantitative estimate of drug-likeness (QED) is 0.839. The van der Waals surface area contributed by atoms with Crippen LogP contribution in [-0.2, 0) is 10.2 Å². The Labute approximate surface area is 113 Å². The van der Waals surface area contributed by atoms with E-state index in [1.54, 1.807) is 18.0 Å². The molecule has 1 heterocycles. The molecule has 1 aromatic carbocycles. The van der Waals surface area contributed by atoms with Gasteiger partial charge in [-0.15, -0.1) is 0 Å². The van der Waals surface area contributed by atoms with Crippen LogP contribution in [0.15, 0.2) is 18.2 Å². The van der Waals surface area contributed by atoms with Crippen molar-refractivity contribution in [3.63, 3.8) is 0 Å². The Morgan fingerprint density at radius 2 is 2.05 bits per heavy atom. The van der Waals surface area contributed by atoms with Gasteiger partial charge in [-0.1, -0.05) is 6.92 Å². The molecule has 1 aliphatic rings. The molecule has 0 spiro atoms. The van der Waals surface area contributed by atoms with E-state index in [0.29, 0.717) is 12.1 Å². The molecule has 0 saturated carbocycles. The van der Waals surface area contributed by atoms with E-state index in [4.69, 9.17) is 0 Å². The van der Waals surface area contributed by atoms with Crippen LogP contribution in [0.2, 0.25) is 0 Å². The SMILES string of the molecule is CCNCC(=O)c1ccc2c(c1)C(C)(C)C(=O)N2C. The first-order valence-electron chi connectivity index (χ1n) is 6.56. The van der Waals surface area contributed by atoms with Crippen molar-refractivity contribution in [1.29, 1.82) is 0 Å². The lowest BCUT2D eigenvalue weighted by atomic mass is 9.85. The summed E-state index contributed by atoms with van der Waals surface area (Å²) in [6.45, 7) is 6.86. The van der Waals surface area contributed by atoms with E-state index >= 15 is 0 Å². The standard InChI is InChI=1S/C15H20N2O2/c1-5-16-9-13(18)10-6-7-12-11(8-10)15(2,3)14(19)17(12)4/h6-8,16H,5,9H2,1-4H3. The van der Waals surface area contributed by atoms with Crippen molar-refractivity contribution in [2.75, 3.05) is 25.0 Å². The number of Topliss-reactive ketones (excluding diaryl/α,β-unsaturated/α-hetero) is 1. The van der Waals surface area contributed by atoms with E-state index in [1.807, 2.05) is 32.9 Å². The fourth-order valence-corrected chi connectivity index (χ4v) is 2.49. The van der Waals surface area contributed by atoms with Gasteiger partial charge in [0.2, 0.25) is 5.91 Å². The summed E-state index contributed by atoms with van der Waals surface area (Å²) in [4.78, 5) is 25.8. The van der Waals surface area contributed by atoms with Crippen molar-refractivity contribution < 1.29 is 9.59 Å². The lowest BCUT2D eigenvalue weighted by Crippen LogP contribution is -2.33. The van der Waals surface area contributed by atoms with Crippen LogP contribution in [0.5, 0.6) is 0 Å². The number of carbonyl (C=O) groups is 2. The maximum atomic E-state index is 12.2. The first kappa shape index (κ1) is 13.7. The monoisotopic (exact) mass is 260 g/mol. The van der Waals surface area contributed by atoms with Crippen molar-refractivity contribution >= 4 is 17.4 Å². The first-order valence-corrected chi connectivity index (χ1v) is 6.56. The molecule has 4 nitrogen and oxygen atoms in total. The predicted molar refractivity (Wildman–Crippen MR) is 75.8 cm³/mol. The van der Waals surface area contributed by atoms with Crippen molar-refractivity contribution in [2.45, 2.75) is 26.2 Å². The highest BCUT2D eigenvalue weighted by Gasteiger charge is 2.42. The van der Waals surface area contributed by atoms with Gasteiger partial charge >= 0.3 is 0 Å². The molecule has 0 atom stereocenters. The van der Waals surface area contributed by atoms with Gasteiger partial charge < -0.3 is 10.2 Å². The minimum Gasteiger partial charge on any atom is -0.314 e. The van der Waals surface area contributed by atoms with Gasteiger partial charge in [-0.25, -0.2) is 0 Å². The highest BCUT2D eigenvalue weighted by atomic mass is 16.2. The van der Waals surface area contributed by atoms with Gasteiger partial charge in [0.25, 0.3) is 0 Å². The molecule has 19 heavy (non-hydrogen) atoms. The Balaban J connectivity index is 2.38. The summed E-state index contributed by atoms with van der Waals surface area (Å²) in [7, 11) is 1.77. The van der Waals surface area contributed by atoms with Crippen molar-refractivity contribution in [1.82, 2.24) is 5.32 Å². The molecule has 0 bridgehead atoms. The lowest BCUT2D eigenvalue weighted by molar-refractivity contribution is -0.121. The average molecular weight is 260 g/mol. The van der Waals surface area contributed by atoms with Gasteiger partial charge in [0.1, 0.15) is 0 Å². The summed E-state index contributed by atoms with van der Waals surface area (Å²) in [6.07, 6.45) is 0. The van der Waals surface area contributed by atoms with E-state index in [9.17, 15) is 9.59 Å². The summed E-state index contributed by atoms with van der Waals surface area (Å²) in [5, 5.41) is 3.03. The fourth-order valence-electron chi connectivity index (χ4n) is 2.49. The largest absolute Gasteiger partial charge is 0.314 e. The summed E-state index contributed by atoms with van der Waals surface area (Å²) in [5.74, 6) is 0.126. The van der Waals surface area contributed by atoms with Crippen LogP contribution in [0, 0.1) is 0 Å². The van der Waals surface area contributed by atoms with Crippen LogP contribution in [0.3, 0.4) is 0 Å². The van der Waals surface area contributed by atoms with Crippen molar-refractivity contribution in [2.24, 2.45) is 0 Å². The zero-order valence-electron chi connectivity index (χ0n) is 11.9. The van der Waals surface area contributed by atoms with Crippen molar-refractivity contribution in [3.05, 3.63) is 29.3 Å². The molecule has 0 aromatic heterocycles. The Hall–Kier alpha value is -1.68. The molecular formula is C15H20N2O2. The Bertz CT molecular complexity index is 535. The number of rotatable bonds is 4. The molecule has 0 fully saturated rings. The third-order valence-electron chi connectivity index (χ3n) is 3.73. The summed E-state index contributed by atoms with van der Waals surface area (Å²) in [5.41, 5.74) is 1.94. The van der Waals surface area contributed by atoms with Gasteiger partial charge in [0.15, 0.2) is 5.78 Å². The highest BCUT2D eigenvalue weighted by Crippen LogP contribution is 2.40. The van der Waals surface area contributed by atoms with Crippen LogP contribution < -0.4 is 10.2 Å². The van der Waals surface area contributed by atoms with E-state index in [0.717, 1.165) is 17.8 Å². The van der Waals surface area contributed by atoms with E-state index in [2.05, 4.69) is 5.32 Å². The molecule has 4 heteroatoms. The Morgan fingerprint density at radius 3 is 2.68 bits per heavy atom. The third kappa shape index (κ3) is 2.16. The molecule has 0 unspecified atom stereocenters. The van der Waals surface area contributed by atoms with Crippen LogP contribution in [0.25, 0.3) is 0 Å². The predicted octanol–water partition coefficient (Wildman–Crippen LogP) is 1.73. The van der Waals surface area contributed by atoms with E-state index in [-0.39, 0.29) is 11.7 Å².